The molecule has 0 aliphatic rings. The van der Waals surface area contributed by atoms with Crippen LogP contribution in [0.15, 0.2) is 49.1 Å². The van der Waals surface area contributed by atoms with Crippen molar-refractivity contribution >= 4 is 5.78 Å². The smallest absolute Gasteiger partial charge is 0.244 e. The number of hydrogen-bond donors (Lipinski definition) is 1. The van der Waals surface area contributed by atoms with Gasteiger partial charge in [0.15, 0.2) is 11.8 Å². The van der Waals surface area contributed by atoms with E-state index in [4.69, 9.17) is 0 Å². The molecule has 1 aromatic carbocycles. The number of carbonyl (C=O) groups excluding carboxylic acids is 1. The van der Waals surface area contributed by atoms with Crippen LogP contribution in [0.2, 0.25) is 0 Å². The SMILES string of the molecule is CCC(C(=O)CC(O)c1ccccc1)n1cc[n+](C)c1. The highest BCUT2D eigenvalue weighted by Crippen LogP contribution is 2.21. The van der Waals surface area contributed by atoms with Crippen LogP contribution in [0, 0.1) is 0 Å². The molecule has 2 atom stereocenters. The molecule has 0 bridgehead atoms. The van der Waals surface area contributed by atoms with Gasteiger partial charge in [-0.2, -0.15) is 0 Å². The lowest BCUT2D eigenvalue weighted by atomic mass is 9.99. The Morgan fingerprint density at radius 1 is 1.35 bits per heavy atom. The zero-order chi connectivity index (χ0) is 14.5. The van der Waals surface area contributed by atoms with Crippen LogP contribution in [0.25, 0.3) is 0 Å². The van der Waals surface area contributed by atoms with E-state index in [1.54, 1.807) is 0 Å². The number of rotatable bonds is 6. The zero-order valence-corrected chi connectivity index (χ0v) is 11.9. The number of aromatic nitrogens is 2. The first kappa shape index (κ1) is 14.5. The lowest BCUT2D eigenvalue weighted by Crippen LogP contribution is -2.26. The summed E-state index contributed by atoms with van der Waals surface area (Å²) in [7, 11) is 1.92. The van der Waals surface area contributed by atoms with Crippen LogP contribution in [-0.4, -0.2) is 15.5 Å². The van der Waals surface area contributed by atoms with E-state index < -0.39 is 6.10 Å². The van der Waals surface area contributed by atoms with E-state index in [1.165, 1.54) is 0 Å². The maximum Gasteiger partial charge on any atom is 0.244 e. The molecule has 0 fully saturated rings. The fraction of sp³-hybridized carbons (Fsp3) is 0.375. The number of Topliss-reactive ketones (excluding diaryl/α,β-unsaturated/α-hetero) is 1. The van der Waals surface area contributed by atoms with Gasteiger partial charge in [0, 0.05) is 6.42 Å². The third-order valence-electron chi connectivity index (χ3n) is 3.49. The molecule has 2 unspecified atom stereocenters. The van der Waals surface area contributed by atoms with Gasteiger partial charge in [-0.25, -0.2) is 9.13 Å². The molecule has 0 aliphatic heterocycles. The van der Waals surface area contributed by atoms with Gasteiger partial charge in [-0.15, -0.1) is 0 Å². The molecule has 0 spiro atoms. The molecular weight excluding hydrogens is 252 g/mol. The maximum absolute atomic E-state index is 12.4. The minimum Gasteiger partial charge on any atom is -0.388 e. The molecule has 0 radical (unpaired) electrons. The largest absolute Gasteiger partial charge is 0.388 e. The van der Waals surface area contributed by atoms with Gasteiger partial charge in [0.05, 0.1) is 13.2 Å². The van der Waals surface area contributed by atoms with Crippen molar-refractivity contribution in [2.45, 2.75) is 31.9 Å². The fourth-order valence-electron chi connectivity index (χ4n) is 2.38. The molecule has 4 nitrogen and oxygen atoms in total. The third kappa shape index (κ3) is 3.33. The van der Waals surface area contributed by atoms with Crippen LogP contribution in [0.3, 0.4) is 0 Å². The predicted octanol–water partition coefficient (Wildman–Crippen LogP) is 1.96. The van der Waals surface area contributed by atoms with Gasteiger partial charge in [-0.05, 0) is 12.0 Å². The number of imidazole rings is 1. The van der Waals surface area contributed by atoms with Crippen LogP contribution < -0.4 is 4.57 Å². The maximum atomic E-state index is 12.4. The topological polar surface area (TPSA) is 46.1 Å². The standard InChI is InChI=1S/C16H21N2O2/c1-3-14(18-10-9-17(2)12-18)16(20)11-15(19)13-7-5-4-6-8-13/h4-10,12,14-15,19H,3,11H2,1-2H3/q+1. The number of aryl methyl sites for hydroxylation is 1. The Morgan fingerprint density at radius 2 is 2.05 bits per heavy atom. The van der Waals surface area contributed by atoms with E-state index in [-0.39, 0.29) is 18.2 Å². The first-order valence-electron chi connectivity index (χ1n) is 6.90. The Hall–Kier alpha value is -1.94. The second-order valence-corrected chi connectivity index (χ2v) is 5.05. The summed E-state index contributed by atoms with van der Waals surface area (Å²) in [4.78, 5) is 12.4. The number of ketones is 1. The quantitative estimate of drug-likeness (QED) is 0.818. The van der Waals surface area contributed by atoms with Crippen LogP contribution in [0.4, 0.5) is 0 Å². The van der Waals surface area contributed by atoms with E-state index in [1.807, 2.05) is 72.2 Å². The third-order valence-corrected chi connectivity index (χ3v) is 3.49. The molecule has 0 saturated carbocycles. The Balaban J connectivity index is 2.06. The molecule has 106 valence electrons. The normalized spacial score (nSPS) is 13.9. The summed E-state index contributed by atoms with van der Waals surface area (Å²) in [5.74, 6) is 0.0556. The Kier molecular flexibility index (Phi) is 4.69. The average Bonchev–Trinajstić information content (AvgIpc) is 2.87. The van der Waals surface area contributed by atoms with Crippen molar-refractivity contribution in [1.82, 2.24) is 4.57 Å². The van der Waals surface area contributed by atoms with Crippen molar-refractivity contribution in [3.05, 3.63) is 54.6 Å². The summed E-state index contributed by atoms with van der Waals surface area (Å²) in [6.45, 7) is 1.98. The highest BCUT2D eigenvalue weighted by Gasteiger charge is 2.25. The van der Waals surface area contributed by atoms with Gasteiger partial charge in [-0.3, -0.25) is 4.79 Å². The Labute approximate surface area is 119 Å². The minimum atomic E-state index is -0.734. The first-order valence-corrected chi connectivity index (χ1v) is 6.90. The number of aliphatic hydroxyl groups excluding tert-OH is 1. The highest BCUT2D eigenvalue weighted by atomic mass is 16.3. The van der Waals surface area contributed by atoms with Gasteiger partial charge < -0.3 is 5.11 Å². The summed E-state index contributed by atoms with van der Waals surface area (Å²) in [5.41, 5.74) is 0.786. The number of nitrogens with zero attached hydrogens (tertiary/aromatic N) is 2. The zero-order valence-electron chi connectivity index (χ0n) is 11.9. The van der Waals surface area contributed by atoms with Crippen LogP contribution in [0.5, 0.6) is 0 Å². The lowest BCUT2D eigenvalue weighted by Gasteiger charge is -2.14. The van der Waals surface area contributed by atoms with Crippen molar-refractivity contribution in [1.29, 1.82) is 0 Å². The van der Waals surface area contributed by atoms with Crippen molar-refractivity contribution in [2.24, 2.45) is 7.05 Å². The van der Waals surface area contributed by atoms with Crippen LogP contribution in [0.1, 0.15) is 37.5 Å². The summed E-state index contributed by atoms with van der Waals surface area (Å²) in [6.07, 6.45) is 5.81. The Bertz CT molecular complexity index is 563. The van der Waals surface area contributed by atoms with Crippen molar-refractivity contribution in [3.8, 4) is 0 Å². The van der Waals surface area contributed by atoms with E-state index >= 15 is 0 Å². The second kappa shape index (κ2) is 6.48. The van der Waals surface area contributed by atoms with Crippen LogP contribution >= 0.6 is 0 Å². The van der Waals surface area contributed by atoms with Crippen molar-refractivity contribution in [3.63, 3.8) is 0 Å². The average molecular weight is 273 g/mol. The fourth-order valence-corrected chi connectivity index (χ4v) is 2.38. The summed E-state index contributed by atoms with van der Waals surface area (Å²) in [5, 5.41) is 10.2. The monoisotopic (exact) mass is 273 g/mol. The number of carbonyl (C=O) groups is 1. The predicted molar refractivity (Wildman–Crippen MR) is 76.0 cm³/mol. The molecule has 4 heteroatoms. The van der Waals surface area contributed by atoms with Gasteiger partial charge >= 0.3 is 0 Å². The van der Waals surface area contributed by atoms with E-state index in [9.17, 15) is 9.90 Å². The Morgan fingerprint density at radius 3 is 2.60 bits per heavy atom. The van der Waals surface area contributed by atoms with Gasteiger partial charge in [0.25, 0.3) is 0 Å². The highest BCUT2D eigenvalue weighted by molar-refractivity contribution is 5.83. The summed E-state index contributed by atoms with van der Waals surface area (Å²) in [6, 6.07) is 9.10. The molecule has 1 N–H and O–H groups in total. The van der Waals surface area contributed by atoms with Crippen molar-refractivity contribution in [2.75, 3.05) is 0 Å². The first-order chi connectivity index (χ1) is 9.61. The molecule has 2 rings (SSSR count). The number of benzene rings is 1. The van der Waals surface area contributed by atoms with Gasteiger partial charge in [0.2, 0.25) is 6.33 Å². The van der Waals surface area contributed by atoms with Gasteiger partial charge in [0.1, 0.15) is 12.4 Å². The molecular formula is C16H21N2O2+. The number of aliphatic hydroxyl groups is 1. The van der Waals surface area contributed by atoms with E-state index in [0.717, 1.165) is 12.0 Å². The minimum absolute atomic E-state index is 0.0556. The summed E-state index contributed by atoms with van der Waals surface area (Å²) < 4.78 is 3.81. The molecule has 1 heterocycles. The van der Waals surface area contributed by atoms with Gasteiger partial charge in [-0.1, -0.05) is 37.3 Å². The molecule has 0 amide bonds. The van der Waals surface area contributed by atoms with E-state index in [2.05, 4.69) is 0 Å². The van der Waals surface area contributed by atoms with Crippen LogP contribution in [-0.2, 0) is 11.8 Å². The lowest BCUT2D eigenvalue weighted by molar-refractivity contribution is -0.671. The molecule has 2 aromatic rings. The summed E-state index contributed by atoms with van der Waals surface area (Å²) >= 11 is 0. The molecule has 0 aliphatic carbocycles. The number of hydrogen-bond acceptors (Lipinski definition) is 2. The second-order valence-electron chi connectivity index (χ2n) is 5.05. The molecule has 1 aromatic heterocycles. The molecule has 0 saturated heterocycles. The van der Waals surface area contributed by atoms with E-state index in [0.29, 0.717) is 0 Å². The van der Waals surface area contributed by atoms with Crippen molar-refractivity contribution < 1.29 is 14.5 Å². The molecule has 20 heavy (non-hydrogen) atoms.